The summed E-state index contributed by atoms with van der Waals surface area (Å²) in [6.07, 6.45) is 7.93. The van der Waals surface area contributed by atoms with Gasteiger partial charge in [-0.2, -0.15) is 8.42 Å². The molecule has 13 N–H and O–H groups in total. The summed E-state index contributed by atoms with van der Waals surface area (Å²) in [6, 6.07) is 6.85. The Hall–Kier alpha value is -1.35. The van der Waals surface area contributed by atoms with Crippen molar-refractivity contribution < 1.29 is 50.0 Å². The van der Waals surface area contributed by atoms with Gasteiger partial charge in [0.05, 0.1) is 0 Å². The van der Waals surface area contributed by atoms with E-state index in [1.54, 1.807) is 0 Å². The van der Waals surface area contributed by atoms with Gasteiger partial charge in [-0.3, -0.25) is 9.11 Å². The van der Waals surface area contributed by atoms with Gasteiger partial charge >= 0.3 is 10.4 Å². The molecule has 12 heteroatoms. The predicted molar refractivity (Wildman–Crippen MR) is 109 cm³/mol. The minimum absolute atomic E-state index is 0. The average molecular weight is 446 g/mol. The van der Waals surface area contributed by atoms with E-state index in [0.29, 0.717) is 11.2 Å². The molecule has 1 aromatic carbocycles. The highest BCUT2D eigenvalue weighted by atomic mass is 32.3. The molecule has 1 saturated carbocycles. The zero-order chi connectivity index (χ0) is 17.5. The van der Waals surface area contributed by atoms with E-state index in [2.05, 4.69) is 24.1 Å². The van der Waals surface area contributed by atoms with Crippen molar-refractivity contribution in [1.29, 1.82) is 0 Å². The molecule has 0 radical (unpaired) electrons. The van der Waals surface area contributed by atoms with Gasteiger partial charge in [-0.05, 0) is 68.5 Å². The standard InChI is InChI=1S/C17H23NO.H2O4S.5H2O/c1-18-9-8-17-7-3-2-4-14(17)16(18)10-12-5-6-13(19)11-15(12)17;1-5(2,3)4;;;;;/h5-6,11,14,16,19H,2-4,7-10H2,1H3;(H2,1,2,3,4);5*1H2/t14-,16+,17+;;;;;;/m0....../s1. The smallest absolute Gasteiger partial charge is 0.394 e. The zero-order valence-corrected chi connectivity index (χ0v) is 17.2. The van der Waals surface area contributed by atoms with Crippen molar-refractivity contribution in [1.82, 2.24) is 4.90 Å². The average Bonchev–Trinajstić information content (AvgIpc) is 2.50. The first-order valence-corrected chi connectivity index (χ1v) is 9.83. The number of likely N-dealkylation sites (N-methyl/N-ethyl adjacent to an activating group) is 1. The zero-order valence-electron chi connectivity index (χ0n) is 16.4. The molecule has 1 aliphatic heterocycles. The van der Waals surface area contributed by atoms with Crippen LogP contribution in [0.3, 0.4) is 0 Å². The van der Waals surface area contributed by atoms with Crippen LogP contribution in [0.2, 0.25) is 0 Å². The molecule has 0 amide bonds. The second-order valence-electron chi connectivity index (χ2n) is 7.30. The van der Waals surface area contributed by atoms with Crippen molar-refractivity contribution >= 4 is 10.4 Å². The van der Waals surface area contributed by atoms with Crippen LogP contribution in [0.5, 0.6) is 5.75 Å². The van der Waals surface area contributed by atoms with E-state index >= 15 is 0 Å². The molecule has 1 aromatic rings. The Morgan fingerprint density at radius 1 is 1.03 bits per heavy atom. The lowest BCUT2D eigenvalue weighted by Crippen LogP contribution is -2.59. The fourth-order valence-electron chi connectivity index (χ4n) is 5.18. The first-order chi connectivity index (χ1) is 11.2. The number of rotatable bonds is 0. The molecule has 1 saturated heterocycles. The first-order valence-electron chi connectivity index (χ1n) is 8.43. The minimum atomic E-state index is -4.67. The molecule has 3 aliphatic rings. The number of aromatic hydroxyl groups is 1. The highest BCUT2D eigenvalue weighted by molar-refractivity contribution is 7.79. The molecule has 4 rings (SSSR count). The van der Waals surface area contributed by atoms with Crippen LogP contribution in [0.15, 0.2) is 18.2 Å². The van der Waals surface area contributed by atoms with E-state index in [9.17, 15) is 5.11 Å². The lowest BCUT2D eigenvalue weighted by molar-refractivity contribution is 0.00274. The highest BCUT2D eigenvalue weighted by Crippen LogP contribution is 2.55. The number of likely N-dealkylation sites (tertiary alicyclic amines) is 1. The Balaban J connectivity index is -0.000000615. The van der Waals surface area contributed by atoms with Crippen molar-refractivity contribution in [3.8, 4) is 5.75 Å². The van der Waals surface area contributed by atoms with Gasteiger partial charge in [0, 0.05) is 11.5 Å². The van der Waals surface area contributed by atoms with Crippen molar-refractivity contribution in [3.05, 3.63) is 29.3 Å². The summed E-state index contributed by atoms with van der Waals surface area (Å²) in [5, 5.41) is 9.91. The quantitative estimate of drug-likeness (QED) is 0.392. The highest BCUT2D eigenvalue weighted by Gasteiger charge is 2.52. The van der Waals surface area contributed by atoms with Gasteiger partial charge in [-0.1, -0.05) is 18.9 Å². The summed E-state index contributed by atoms with van der Waals surface area (Å²) in [7, 11) is -2.37. The maximum absolute atomic E-state index is 9.91. The molecule has 29 heavy (non-hydrogen) atoms. The second kappa shape index (κ2) is 11.7. The van der Waals surface area contributed by atoms with Crippen LogP contribution >= 0.6 is 0 Å². The SMILES string of the molecule is CN1CC[C@]23CCCC[C@H]2[C@H]1Cc1ccc(O)cc13.O.O.O.O.O.O=S(=O)(O)O. The van der Waals surface area contributed by atoms with Gasteiger partial charge < -0.3 is 37.4 Å². The first kappa shape index (κ1) is 32.3. The van der Waals surface area contributed by atoms with Gasteiger partial charge in [0.25, 0.3) is 0 Å². The molecular formula is C17H35NO10S. The number of nitrogens with zero attached hydrogens (tertiary/aromatic N) is 1. The molecule has 2 bridgehead atoms. The second-order valence-corrected chi connectivity index (χ2v) is 8.20. The fraction of sp³-hybridized carbons (Fsp3) is 0.647. The van der Waals surface area contributed by atoms with E-state index in [0.717, 1.165) is 12.0 Å². The van der Waals surface area contributed by atoms with Gasteiger partial charge in [0.2, 0.25) is 0 Å². The van der Waals surface area contributed by atoms with Crippen LogP contribution in [-0.2, 0) is 22.2 Å². The van der Waals surface area contributed by atoms with E-state index in [4.69, 9.17) is 17.5 Å². The van der Waals surface area contributed by atoms with E-state index in [-0.39, 0.29) is 27.4 Å². The monoisotopic (exact) mass is 445 g/mol. The third-order valence-electron chi connectivity index (χ3n) is 6.10. The Morgan fingerprint density at radius 3 is 2.21 bits per heavy atom. The summed E-state index contributed by atoms with van der Waals surface area (Å²) in [4.78, 5) is 2.59. The van der Waals surface area contributed by atoms with Gasteiger partial charge in [-0.25, -0.2) is 0 Å². The molecule has 11 nitrogen and oxygen atoms in total. The van der Waals surface area contributed by atoms with Crippen molar-refractivity contribution in [3.63, 3.8) is 0 Å². The normalized spacial score (nSPS) is 26.6. The van der Waals surface area contributed by atoms with E-state index in [1.165, 1.54) is 56.2 Å². The maximum Gasteiger partial charge on any atom is 0.394 e. The Morgan fingerprint density at radius 2 is 1.62 bits per heavy atom. The molecule has 2 aliphatic carbocycles. The van der Waals surface area contributed by atoms with Crippen LogP contribution in [0.1, 0.15) is 43.2 Å². The number of fused-ring (bicyclic) bond motifs is 1. The largest absolute Gasteiger partial charge is 0.508 e. The number of hydrogen-bond donors (Lipinski definition) is 3. The van der Waals surface area contributed by atoms with Crippen LogP contribution in [-0.4, -0.2) is 74.5 Å². The van der Waals surface area contributed by atoms with Crippen molar-refractivity contribution in [2.75, 3.05) is 13.6 Å². The Bertz CT molecular complexity index is 721. The van der Waals surface area contributed by atoms with Crippen LogP contribution < -0.4 is 0 Å². The molecule has 0 aromatic heterocycles. The molecule has 3 atom stereocenters. The number of phenolic OH excluding ortho intramolecular Hbond substituents is 1. The van der Waals surface area contributed by atoms with Crippen LogP contribution in [0, 0.1) is 5.92 Å². The summed E-state index contributed by atoms with van der Waals surface area (Å²) in [6.45, 7) is 1.22. The van der Waals surface area contributed by atoms with Gasteiger partial charge in [0.1, 0.15) is 5.75 Å². The summed E-state index contributed by atoms with van der Waals surface area (Å²) < 4.78 is 31.6. The molecule has 0 spiro atoms. The third kappa shape index (κ3) is 6.57. The summed E-state index contributed by atoms with van der Waals surface area (Å²) in [5.41, 5.74) is 3.36. The molecular weight excluding hydrogens is 410 g/mol. The van der Waals surface area contributed by atoms with E-state index in [1.807, 2.05) is 6.07 Å². The number of piperidine rings is 1. The van der Waals surface area contributed by atoms with Gasteiger partial charge in [-0.15, -0.1) is 0 Å². The third-order valence-corrected chi connectivity index (χ3v) is 6.10. The van der Waals surface area contributed by atoms with Crippen LogP contribution in [0.25, 0.3) is 0 Å². The molecule has 2 fully saturated rings. The fourth-order valence-corrected chi connectivity index (χ4v) is 5.18. The lowest BCUT2D eigenvalue weighted by atomic mass is 9.52. The molecule has 0 unspecified atom stereocenters. The predicted octanol–water partition coefficient (Wildman–Crippen LogP) is -1.70. The number of phenols is 1. The minimum Gasteiger partial charge on any atom is -0.508 e. The summed E-state index contributed by atoms with van der Waals surface area (Å²) in [5.74, 6) is 1.27. The summed E-state index contributed by atoms with van der Waals surface area (Å²) >= 11 is 0. The Labute approximate surface area is 170 Å². The Kier molecular flexibility index (Phi) is 13.1. The molecule has 1 heterocycles. The van der Waals surface area contributed by atoms with E-state index < -0.39 is 10.4 Å². The lowest BCUT2D eigenvalue weighted by Gasteiger charge is -2.58. The maximum atomic E-state index is 9.91. The van der Waals surface area contributed by atoms with Crippen LogP contribution in [0.4, 0.5) is 0 Å². The van der Waals surface area contributed by atoms with Gasteiger partial charge in [0.15, 0.2) is 0 Å². The van der Waals surface area contributed by atoms with Crippen molar-refractivity contribution in [2.45, 2.75) is 50.0 Å². The number of hydrogen-bond acceptors (Lipinski definition) is 4. The topological polar surface area (TPSA) is 256 Å². The molecule has 174 valence electrons. The number of benzene rings is 1. The van der Waals surface area contributed by atoms with Crippen molar-refractivity contribution in [2.24, 2.45) is 5.92 Å².